The van der Waals surface area contributed by atoms with Gasteiger partial charge >= 0.3 is 5.97 Å². The Hall–Kier alpha value is -0.990. The van der Waals surface area contributed by atoms with E-state index in [2.05, 4.69) is 6.92 Å². The first-order chi connectivity index (χ1) is 8.40. The Labute approximate surface area is 112 Å². The van der Waals surface area contributed by atoms with Gasteiger partial charge in [0.05, 0.1) is 5.92 Å². The summed E-state index contributed by atoms with van der Waals surface area (Å²) in [5.41, 5.74) is 4.90. The largest absolute Gasteiger partial charge is 0.460 e. The molecule has 0 aromatic heterocycles. The Bertz CT molecular complexity index is 254. The van der Waals surface area contributed by atoms with E-state index in [0.29, 0.717) is 0 Å². The molecule has 0 saturated carbocycles. The highest BCUT2D eigenvalue weighted by atomic mass is 16.6. The third-order valence-electron chi connectivity index (χ3n) is 2.69. The molecule has 0 bridgehead atoms. The maximum absolute atomic E-state index is 12.0. The Morgan fingerprint density at radius 3 is 2.44 bits per heavy atom. The summed E-state index contributed by atoms with van der Waals surface area (Å²) in [6, 6.07) is 0. The summed E-state index contributed by atoms with van der Waals surface area (Å²) in [6.07, 6.45) is 9.52. The van der Waals surface area contributed by atoms with Gasteiger partial charge in [0, 0.05) is 0 Å². The van der Waals surface area contributed by atoms with E-state index >= 15 is 0 Å². The average molecular weight is 255 g/mol. The number of allylic oxidation sites excluding steroid dienone is 1. The summed E-state index contributed by atoms with van der Waals surface area (Å²) in [5, 5.41) is 0. The summed E-state index contributed by atoms with van der Waals surface area (Å²) in [7, 11) is 0. The van der Waals surface area contributed by atoms with Crippen molar-refractivity contribution < 1.29 is 9.53 Å². The van der Waals surface area contributed by atoms with E-state index < -0.39 is 0 Å². The Balaban J connectivity index is 4.08. The number of nitrogens with two attached hydrogens (primary N) is 1. The fourth-order valence-corrected chi connectivity index (χ4v) is 1.86. The molecule has 2 N–H and O–H groups in total. The molecule has 3 heteroatoms. The molecule has 0 aliphatic heterocycles. The molecule has 106 valence electrons. The highest BCUT2D eigenvalue weighted by Crippen LogP contribution is 2.20. The lowest BCUT2D eigenvalue weighted by Gasteiger charge is -2.23. The lowest BCUT2D eigenvalue weighted by Crippen LogP contribution is -2.28. The van der Waals surface area contributed by atoms with Gasteiger partial charge in [-0.05, 0) is 52.7 Å². The minimum absolute atomic E-state index is 0.0429. The smallest absolute Gasteiger partial charge is 0.309 e. The van der Waals surface area contributed by atoms with E-state index in [1.165, 1.54) is 0 Å². The van der Waals surface area contributed by atoms with Gasteiger partial charge in [0.2, 0.25) is 0 Å². The van der Waals surface area contributed by atoms with Gasteiger partial charge in [-0.2, -0.15) is 0 Å². The Morgan fingerprint density at radius 1 is 1.28 bits per heavy atom. The number of rotatable bonds is 8. The third kappa shape index (κ3) is 9.08. The van der Waals surface area contributed by atoms with E-state index in [9.17, 15) is 4.79 Å². The number of carbonyl (C=O) groups is 1. The fourth-order valence-electron chi connectivity index (χ4n) is 1.86. The maximum atomic E-state index is 12.0. The monoisotopic (exact) mass is 255 g/mol. The normalized spacial score (nSPS) is 13.8. The minimum atomic E-state index is -0.384. The van der Waals surface area contributed by atoms with Crippen LogP contribution in [0.25, 0.3) is 0 Å². The van der Waals surface area contributed by atoms with Gasteiger partial charge in [-0.1, -0.05) is 25.8 Å². The topological polar surface area (TPSA) is 52.3 Å². The predicted octanol–water partition coefficient (Wildman–Crippen LogP) is 3.78. The molecule has 0 spiro atoms. The molecule has 0 amide bonds. The van der Waals surface area contributed by atoms with E-state index in [-0.39, 0.29) is 17.5 Å². The molecule has 3 nitrogen and oxygen atoms in total. The highest BCUT2D eigenvalue weighted by Gasteiger charge is 2.23. The van der Waals surface area contributed by atoms with Crippen molar-refractivity contribution in [3.05, 3.63) is 12.3 Å². The van der Waals surface area contributed by atoms with Crippen molar-refractivity contribution in [2.75, 3.05) is 0 Å². The van der Waals surface area contributed by atoms with Crippen LogP contribution in [0.3, 0.4) is 0 Å². The molecule has 0 aliphatic rings. The van der Waals surface area contributed by atoms with E-state index in [1.54, 1.807) is 6.20 Å². The third-order valence-corrected chi connectivity index (χ3v) is 2.69. The second-order valence-electron chi connectivity index (χ2n) is 5.73. The number of carbonyl (C=O) groups excluding carboxylic acids is 1. The number of unbranched alkanes of at least 4 members (excludes halogenated alkanes) is 2. The van der Waals surface area contributed by atoms with Crippen LogP contribution in [-0.4, -0.2) is 11.6 Å². The first-order valence-electron chi connectivity index (χ1n) is 7.00. The molecule has 0 aromatic rings. The number of hydrogen-bond acceptors (Lipinski definition) is 3. The van der Waals surface area contributed by atoms with E-state index in [4.69, 9.17) is 10.5 Å². The molecular weight excluding hydrogens is 226 g/mol. The zero-order valence-corrected chi connectivity index (χ0v) is 12.4. The van der Waals surface area contributed by atoms with Crippen molar-refractivity contribution >= 4 is 5.97 Å². The van der Waals surface area contributed by atoms with Crippen LogP contribution < -0.4 is 5.73 Å². The second kappa shape index (κ2) is 9.01. The summed E-state index contributed by atoms with van der Waals surface area (Å²) in [5.74, 6) is 0.00907. The lowest BCUT2D eigenvalue weighted by atomic mass is 9.96. The Kier molecular flexibility index (Phi) is 8.51. The van der Waals surface area contributed by atoms with Gasteiger partial charge in [-0.15, -0.1) is 0 Å². The van der Waals surface area contributed by atoms with Crippen molar-refractivity contribution in [1.29, 1.82) is 0 Å². The zero-order valence-electron chi connectivity index (χ0n) is 12.4. The van der Waals surface area contributed by atoms with E-state index in [0.717, 1.165) is 38.5 Å². The molecular formula is C15H29NO2. The van der Waals surface area contributed by atoms with Gasteiger partial charge in [0.1, 0.15) is 5.60 Å². The van der Waals surface area contributed by atoms with Crippen LogP contribution in [0.1, 0.15) is 66.2 Å². The van der Waals surface area contributed by atoms with Crippen LogP contribution in [0.15, 0.2) is 12.3 Å². The molecule has 0 rings (SSSR count). The van der Waals surface area contributed by atoms with Crippen molar-refractivity contribution in [2.24, 2.45) is 11.7 Å². The quantitative estimate of drug-likeness (QED) is 0.530. The van der Waals surface area contributed by atoms with Gasteiger partial charge in [0.25, 0.3) is 0 Å². The fraction of sp³-hybridized carbons (Fsp3) is 0.800. The van der Waals surface area contributed by atoms with Crippen molar-refractivity contribution in [1.82, 2.24) is 0 Å². The summed E-state index contributed by atoms with van der Waals surface area (Å²) in [6.45, 7) is 7.86. The van der Waals surface area contributed by atoms with Crippen molar-refractivity contribution in [3.63, 3.8) is 0 Å². The van der Waals surface area contributed by atoms with Crippen LogP contribution in [0, 0.1) is 5.92 Å². The molecule has 0 radical (unpaired) electrons. The van der Waals surface area contributed by atoms with Gasteiger partial charge < -0.3 is 10.5 Å². The molecule has 0 heterocycles. The summed E-state index contributed by atoms with van der Waals surface area (Å²) < 4.78 is 5.46. The van der Waals surface area contributed by atoms with Gasteiger partial charge in [-0.25, -0.2) is 0 Å². The zero-order chi connectivity index (χ0) is 14.0. The van der Waals surface area contributed by atoms with Crippen LogP contribution in [0.4, 0.5) is 0 Å². The van der Waals surface area contributed by atoms with Crippen LogP contribution in [-0.2, 0) is 9.53 Å². The average Bonchev–Trinajstić information content (AvgIpc) is 2.25. The first-order valence-corrected chi connectivity index (χ1v) is 7.00. The highest BCUT2D eigenvalue weighted by molar-refractivity contribution is 5.72. The van der Waals surface area contributed by atoms with Crippen LogP contribution >= 0.6 is 0 Å². The Morgan fingerprint density at radius 2 is 1.94 bits per heavy atom. The van der Waals surface area contributed by atoms with Crippen LogP contribution in [0.5, 0.6) is 0 Å². The molecule has 1 unspecified atom stereocenters. The molecule has 0 aromatic carbocycles. The van der Waals surface area contributed by atoms with Gasteiger partial charge in [-0.3, -0.25) is 4.79 Å². The lowest BCUT2D eigenvalue weighted by molar-refractivity contribution is -0.160. The second-order valence-corrected chi connectivity index (χ2v) is 5.73. The number of hydrogen-bond donors (Lipinski definition) is 1. The van der Waals surface area contributed by atoms with Crippen molar-refractivity contribution in [2.45, 2.75) is 71.8 Å². The number of ether oxygens (including phenoxy) is 1. The van der Waals surface area contributed by atoms with Crippen molar-refractivity contribution in [3.8, 4) is 0 Å². The molecule has 0 saturated heterocycles. The standard InChI is InChI=1S/C15H29NO2/c1-5-10-13(11-8-6-7-9-12-16)14(17)18-15(2,3)4/h9,12-13H,5-8,10-11,16H2,1-4H3. The molecule has 0 aliphatic carbocycles. The van der Waals surface area contributed by atoms with Gasteiger partial charge in [0.15, 0.2) is 0 Å². The molecule has 18 heavy (non-hydrogen) atoms. The molecule has 0 fully saturated rings. The molecule has 1 atom stereocenters. The maximum Gasteiger partial charge on any atom is 0.309 e. The van der Waals surface area contributed by atoms with E-state index in [1.807, 2.05) is 26.8 Å². The van der Waals surface area contributed by atoms with Crippen LogP contribution in [0.2, 0.25) is 0 Å². The predicted molar refractivity (Wildman–Crippen MR) is 76.0 cm³/mol. The SMILES string of the molecule is CCCC(CCCCC=CN)C(=O)OC(C)(C)C. The first kappa shape index (κ1) is 17.0. The summed E-state index contributed by atoms with van der Waals surface area (Å²) in [4.78, 5) is 12.0. The number of esters is 1. The summed E-state index contributed by atoms with van der Waals surface area (Å²) >= 11 is 0. The minimum Gasteiger partial charge on any atom is -0.460 e.